The molecule has 0 aromatic heterocycles. The SMILES string of the molecule is Cc1ccc(C2CN(S(=O)(=O)c3ccc(C)cc3)C(=O)C(c3ccccc3)=C2c2ccccc2)cc1. The molecule has 0 fully saturated rings. The number of amides is 1. The molecule has 1 unspecified atom stereocenters. The Morgan fingerprint density at radius 2 is 1.17 bits per heavy atom. The highest BCUT2D eigenvalue weighted by Crippen LogP contribution is 2.44. The van der Waals surface area contributed by atoms with Gasteiger partial charge in [-0.2, -0.15) is 0 Å². The second-order valence-electron chi connectivity index (χ2n) is 9.14. The van der Waals surface area contributed by atoms with Crippen LogP contribution < -0.4 is 0 Å². The fourth-order valence-electron chi connectivity index (χ4n) is 4.72. The van der Waals surface area contributed by atoms with Gasteiger partial charge >= 0.3 is 0 Å². The lowest BCUT2D eigenvalue weighted by atomic mass is 9.79. The van der Waals surface area contributed by atoms with Crippen LogP contribution in [-0.4, -0.2) is 25.2 Å². The first-order chi connectivity index (χ1) is 17.4. The van der Waals surface area contributed by atoms with Crippen molar-refractivity contribution >= 4 is 27.1 Å². The zero-order valence-corrected chi connectivity index (χ0v) is 21.1. The fourth-order valence-corrected chi connectivity index (χ4v) is 6.11. The molecule has 0 saturated carbocycles. The van der Waals surface area contributed by atoms with Crippen LogP contribution in [0.5, 0.6) is 0 Å². The molecule has 0 radical (unpaired) electrons. The largest absolute Gasteiger partial charge is 0.268 e. The van der Waals surface area contributed by atoms with Gasteiger partial charge in [0.2, 0.25) is 0 Å². The van der Waals surface area contributed by atoms with Gasteiger partial charge in [-0.1, -0.05) is 108 Å². The second kappa shape index (κ2) is 9.59. The first-order valence-corrected chi connectivity index (χ1v) is 13.4. The molecule has 0 N–H and O–H groups in total. The number of sulfonamides is 1. The van der Waals surface area contributed by atoms with Gasteiger partial charge < -0.3 is 0 Å². The molecule has 36 heavy (non-hydrogen) atoms. The number of hydrogen-bond donors (Lipinski definition) is 0. The summed E-state index contributed by atoms with van der Waals surface area (Å²) in [4.78, 5) is 14.2. The molecule has 5 rings (SSSR count). The van der Waals surface area contributed by atoms with Crippen LogP contribution in [-0.2, 0) is 14.8 Å². The number of nitrogens with zero attached hydrogens (tertiary/aromatic N) is 1. The Bertz CT molecular complexity index is 1520. The summed E-state index contributed by atoms with van der Waals surface area (Å²) >= 11 is 0. The van der Waals surface area contributed by atoms with Crippen LogP contribution in [0.25, 0.3) is 11.1 Å². The zero-order valence-electron chi connectivity index (χ0n) is 20.3. The predicted octanol–water partition coefficient (Wildman–Crippen LogP) is 6.23. The average molecular weight is 494 g/mol. The van der Waals surface area contributed by atoms with Gasteiger partial charge in [0.1, 0.15) is 0 Å². The van der Waals surface area contributed by atoms with Gasteiger partial charge in [-0.25, -0.2) is 12.7 Å². The van der Waals surface area contributed by atoms with Crippen molar-refractivity contribution in [1.82, 2.24) is 4.31 Å². The third-order valence-corrected chi connectivity index (χ3v) is 8.41. The highest BCUT2D eigenvalue weighted by Gasteiger charge is 2.41. The van der Waals surface area contributed by atoms with Crippen LogP contribution in [0.3, 0.4) is 0 Å². The van der Waals surface area contributed by atoms with E-state index in [0.717, 1.165) is 32.1 Å². The van der Waals surface area contributed by atoms with Crippen LogP contribution >= 0.6 is 0 Å². The molecule has 4 nitrogen and oxygen atoms in total. The van der Waals surface area contributed by atoms with E-state index in [2.05, 4.69) is 0 Å². The minimum absolute atomic E-state index is 0.0265. The van der Waals surface area contributed by atoms with Gasteiger partial charge in [0, 0.05) is 12.5 Å². The Morgan fingerprint density at radius 3 is 1.72 bits per heavy atom. The first-order valence-electron chi connectivity index (χ1n) is 11.9. The third kappa shape index (κ3) is 4.38. The Kier molecular flexibility index (Phi) is 6.33. The third-order valence-electron chi connectivity index (χ3n) is 6.64. The number of carbonyl (C=O) groups is 1. The monoisotopic (exact) mass is 493 g/mol. The molecular formula is C31H27NO3S. The molecule has 5 heteroatoms. The normalized spacial score (nSPS) is 16.3. The van der Waals surface area contributed by atoms with Crippen molar-refractivity contribution in [2.45, 2.75) is 24.7 Å². The molecule has 180 valence electrons. The van der Waals surface area contributed by atoms with E-state index in [-0.39, 0.29) is 17.4 Å². The van der Waals surface area contributed by atoms with Crippen molar-refractivity contribution in [3.05, 3.63) is 137 Å². The maximum Gasteiger partial charge on any atom is 0.268 e. The van der Waals surface area contributed by atoms with Gasteiger partial charge in [-0.3, -0.25) is 4.79 Å². The average Bonchev–Trinajstić information content (AvgIpc) is 2.90. The lowest BCUT2D eigenvalue weighted by Crippen LogP contribution is -2.44. The lowest BCUT2D eigenvalue weighted by Gasteiger charge is -2.36. The van der Waals surface area contributed by atoms with Crippen LogP contribution in [0, 0.1) is 13.8 Å². The summed E-state index contributed by atoms with van der Waals surface area (Å²) in [6, 6.07) is 33.9. The smallest absolute Gasteiger partial charge is 0.268 e. The maximum atomic E-state index is 14.1. The van der Waals surface area contributed by atoms with E-state index in [1.165, 1.54) is 0 Å². The molecule has 0 bridgehead atoms. The summed E-state index contributed by atoms with van der Waals surface area (Å²) in [7, 11) is -4.07. The van der Waals surface area contributed by atoms with E-state index in [0.29, 0.717) is 11.1 Å². The molecule has 1 heterocycles. The van der Waals surface area contributed by atoms with Crippen molar-refractivity contribution in [3.8, 4) is 0 Å². The Labute approximate surface area is 212 Å². The van der Waals surface area contributed by atoms with E-state index >= 15 is 0 Å². The fraction of sp³-hybridized carbons (Fsp3) is 0.129. The standard InChI is InChI=1S/C31H27NO3S/c1-22-13-17-24(18-14-22)28-21-32(36(34,35)27-19-15-23(2)16-20-27)31(33)30(26-11-7-4-8-12-26)29(28)25-9-5-3-6-10-25/h3-20,28H,21H2,1-2H3. The first kappa shape index (κ1) is 23.8. The molecule has 0 saturated heterocycles. The molecule has 0 aliphatic carbocycles. The number of hydrogen-bond acceptors (Lipinski definition) is 3. The molecule has 4 aromatic carbocycles. The van der Waals surface area contributed by atoms with E-state index in [4.69, 9.17) is 0 Å². The van der Waals surface area contributed by atoms with Crippen LogP contribution in [0.4, 0.5) is 0 Å². The van der Waals surface area contributed by atoms with Gasteiger partial charge in [0.05, 0.1) is 10.5 Å². The van der Waals surface area contributed by atoms with Crippen molar-refractivity contribution in [2.24, 2.45) is 0 Å². The summed E-state index contributed by atoms with van der Waals surface area (Å²) in [5.74, 6) is -0.842. The molecule has 1 atom stereocenters. The summed E-state index contributed by atoms with van der Waals surface area (Å²) < 4.78 is 28.7. The molecule has 1 aliphatic rings. The van der Waals surface area contributed by atoms with Gasteiger partial charge in [-0.05, 0) is 48.2 Å². The Morgan fingerprint density at radius 1 is 0.667 bits per heavy atom. The van der Waals surface area contributed by atoms with E-state index in [9.17, 15) is 13.2 Å². The number of aryl methyl sites for hydroxylation is 2. The van der Waals surface area contributed by atoms with Crippen molar-refractivity contribution in [1.29, 1.82) is 0 Å². The van der Waals surface area contributed by atoms with E-state index < -0.39 is 15.9 Å². The second-order valence-corrected chi connectivity index (χ2v) is 11.0. The summed E-state index contributed by atoms with van der Waals surface area (Å²) in [6.07, 6.45) is 0. The van der Waals surface area contributed by atoms with Gasteiger partial charge in [0.25, 0.3) is 15.9 Å². The number of benzene rings is 4. The zero-order chi connectivity index (χ0) is 25.3. The van der Waals surface area contributed by atoms with Crippen molar-refractivity contribution in [3.63, 3.8) is 0 Å². The van der Waals surface area contributed by atoms with Crippen LogP contribution in [0.1, 0.15) is 33.7 Å². The summed E-state index contributed by atoms with van der Waals surface area (Å²) in [6.45, 7) is 3.95. The number of rotatable bonds is 5. The highest BCUT2D eigenvalue weighted by molar-refractivity contribution is 7.89. The molecule has 0 spiro atoms. The molecule has 4 aromatic rings. The van der Waals surface area contributed by atoms with Gasteiger partial charge in [0.15, 0.2) is 0 Å². The summed E-state index contributed by atoms with van der Waals surface area (Å²) in [5, 5.41) is 0. The molecule has 1 amide bonds. The van der Waals surface area contributed by atoms with E-state index in [1.807, 2.05) is 98.8 Å². The topological polar surface area (TPSA) is 54.5 Å². The van der Waals surface area contributed by atoms with Crippen LogP contribution in [0.15, 0.2) is 114 Å². The Hall–Kier alpha value is -3.96. The predicted molar refractivity (Wildman–Crippen MR) is 144 cm³/mol. The Balaban J connectivity index is 1.78. The number of carbonyl (C=O) groups excluding carboxylic acids is 1. The minimum atomic E-state index is -4.07. The summed E-state index contributed by atoms with van der Waals surface area (Å²) in [5.41, 5.74) is 5.88. The van der Waals surface area contributed by atoms with E-state index in [1.54, 1.807) is 24.3 Å². The maximum absolute atomic E-state index is 14.1. The van der Waals surface area contributed by atoms with Gasteiger partial charge in [-0.15, -0.1) is 0 Å². The highest BCUT2D eigenvalue weighted by atomic mass is 32.2. The van der Waals surface area contributed by atoms with Crippen molar-refractivity contribution in [2.75, 3.05) is 6.54 Å². The van der Waals surface area contributed by atoms with Crippen LogP contribution in [0.2, 0.25) is 0 Å². The molecular weight excluding hydrogens is 466 g/mol. The van der Waals surface area contributed by atoms with Crippen molar-refractivity contribution < 1.29 is 13.2 Å². The minimum Gasteiger partial charge on any atom is -0.268 e. The quantitative estimate of drug-likeness (QED) is 0.331. The molecule has 1 aliphatic heterocycles. The lowest BCUT2D eigenvalue weighted by molar-refractivity contribution is -0.121.